The molecule has 27 heavy (non-hydrogen) atoms. The molecule has 6 rings (SSSR count). The number of allylic oxidation sites excluding steroid dienone is 2. The maximum Gasteiger partial charge on any atom is 0.247 e. The monoisotopic (exact) mass is 384 g/mol. The van der Waals surface area contributed by atoms with Gasteiger partial charge in [-0.15, -0.1) is 0 Å². The van der Waals surface area contributed by atoms with Crippen LogP contribution in [0.2, 0.25) is 5.02 Å². The van der Waals surface area contributed by atoms with E-state index in [1.165, 1.54) is 4.90 Å². The number of halogens is 1. The number of hydrogen-bond acceptors (Lipinski definition) is 3. The SMILES string of the molecule is Cc1ccc(Cl)cc1NC(=O)C(C)N1C(=O)C2C3C=CC(C4CC34)C2C1=O. The molecule has 5 aliphatic rings. The summed E-state index contributed by atoms with van der Waals surface area (Å²) in [4.78, 5) is 40.2. The van der Waals surface area contributed by atoms with E-state index in [-0.39, 0.29) is 41.4 Å². The van der Waals surface area contributed by atoms with Gasteiger partial charge in [0.1, 0.15) is 6.04 Å². The van der Waals surface area contributed by atoms with Crippen LogP contribution in [0.15, 0.2) is 30.4 Å². The molecule has 3 amide bonds. The molecule has 2 bridgehead atoms. The van der Waals surface area contributed by atoms with Crippen LogP contribution in [0.4, 0.5) is 5.69 Å². The number of hydrogen-bond donors (Lipinski definition) is 1. The van der Waals surface area contributed by atoms with Crippen molar-refractivity contribution in [1.29, 1.82) is 0 Å². The Bertz CT molecular complexity index is 875. The van der Waals surface area contributed by atoms with Crippen LogP contribution in [0.1, 0.15) is 18.9 Å². The minimum Gasteiger partial charge on any atom is -0.324 e. The number of anilines is 1. The first-order valence-corrected chi connectivity index (χ1v) is 9.88. The lowest BCUT2D eigenvalue weighted by Gasteiger charge is -2.37. The van der Waals surface area contributed by atoms with Crippen LogP contribution in [-0.2, 0) is 14.4 Å². The maximum atomic E-state index is 13.1. The number of likely N-dealkylation sites (tertiary alicyclic amines) is 1. The average Bonchev–Trinajstić information content (AvgIpc) is 3.42. The molecule has 1 aromatic carbocycles. The Morgan fingerprint density at radius 1 is 1.15 bits per heavy atom. The molecule has 1 saturated heterocycles. The van der Waals surface area contributed by atoms with Crippen LogP contribution >= 0.6 is 11.6 Å². The molecule has 1 N–H and O–H groups in total. The molecule has 0 spiro atoms. The van der Waals surface area contributed by atoms with Gasteiger partial charge in [-0.25, -0.2) is 0 Å². The zero-order valence-corrected chi connectivity index (χ0v) is 15.9. The Labute approximate surface area is 162 Å². The van der Waals surface area contributed by atoms with E-state index in [0.717, 1.165) is 12.0 Å². The summed E-state index contributed by atoms with van der Waals surface area (Å²) < 4.78 is 0. The number of rotatable bonds is 3. The first-order valence-electron chi connectivity index (χ1n) is 9.50. The molecule has 6 heteroatoms. The van der Waals surface area contributed by atoms with Crippen molar-refractivity contribution in [2.24, 2.45) is 35.5 Å². The molecular weight excluding hydrogens is 364 g/mol. The lowest BCUT2D eigenvalue weighted by atomic mass is 9.63. The Morgan fingerprint density at radius 2 is 1.74 bits per heavy atom. The van der Waals surface area contributed by atoms with Gasteiger partial charge in [0.25, 0.3) is 0 Å². The second-order valence-corrected chi connectivity index (χ2v) is 8.76. The molecule has 1 aromatic rings. The van der Waals surface area contributed by atoms with Crippen molar-refractivity contribution in [2.75, 3.05) is 5.32 Å². The number of carbonyl (C=O) groups excluding carboxylic acids is 3. The van der Waals surface area contributed by atoms with Gasteiger partial charge in [-0.3, -0.25) is 19.3 Å². The van der Waals surface area contributed by atoms with Crippen molar-refractivity contribution in [1.82, 2.24) is 4.90 Å². The summed E-state index contributed by atoms with van der Waals surface area (Å²) in [5.41, 5.74) is 1.47. The molecule has 5 nitrogen and oxygen atoms in total. The molecule has 140 valence electrons. The molecule has 1 aliphatic heterocycles. The zero-order chi connectivity index (χ0) is 19.0. The predicted octanol–water partition coefficient (Wildman–Crippen LogP) is 3.03. The summed E-state index contributed by atoms with van der Waals surface area (Å²) in [6, 6.07) is 4.40. The highest BCUT2D eigenvalue weighted by Gasteiger charge is 2.67. The van der Waals surface area contributed by atoms with E-state index in [1.54, 1.807) is 19.1 Å². The normalized spacial score (nSPS) is 36.5. The molecule has 1 heterocycles. The highest BCUT2D eigenvalue weighted by atomic mass is 35.5. The van der Waals surface area contributed by atoms with Crippen molar-refractivity contribution < 1.29 is 14.4 Å². The van der Waals surface area contributed by atoms with Crippen LogP contribution in [0, 0.1) is 42.4 Å². The van der Waals surface area contributed by atoms with Gasteiger partial charge in [0.15, 0.2) is 0 Å². The third-order valence-corrected chi connectivity index (χ3v) is 7.16. The standard InChI is InChI=1S/C21H21ClN2O3/c1-9-3-4-11(22)7-16(9)23-19(25)10(2)24-20(26)17-12-5-6-13(15-8-14(12)15)18(17)21(24)27/h3-7,10,12-15,17-18H,8H2,1-2H3,(H,23,25). The van der Waals surface area contributed by atoms with Gasteiger partial charge in [0.05, 0.1) is 11.8 Å². The van der Waals surface area contributed by atoms with Crippen molar-refractivity contribution >= 4 is 35.0 Å². The van der Waals surface area contributed by atoms with Crippen LogP contribution in [0.3, 0.4) is 0 Å². The van der Waals surface area contributed by atoms with E-state index < -0.39 is 6.04 Å². The van der Waals surface area contributed by atoms with E-state index in [4.69, 9.17) is 11.6 Å². The van der Waals surface area contributed by atoms with Crippen molar-refractivity contribution in [3.8, 4) is 0 Å². The summed E-state index contributed by atoms with van der Waals surface area (Å²) in [5.74, 6) is 0.145. The van der Waals surface area contributed by atoms with E-state index in [9.17, 15) is 14.4 Å². The van der Waals surface area contributed by atoms with Gasteiger partial charge >= 0.3 is 0 Å². The maximum absolute atomic E-state index is 13.1. The molecule has 3 fully saturated rings. The van der Waals surface area contributed by atoms with Crippen LogP contribution in [0.25, 0.3) is 0 Å². The number of imide groups is 1. The summed E-state index contributed by atoms with van der Waals surface area (Å²) in [7, 11) is 0. The lowest BCUT2D eigenvalue weighted by Crippen LogP contribution is -2.46. The molecular formula is C21H21ClN2O3. The number of nitrogens with one attached hydrogen (secondary N) is 1. The Morgan fingerprint density at radius 3 is 2.33 bits per heavy atom. The fourth-order valence-corrected chi connectivity index (χ4v) is 5.62. The molecule has 7 atom stereocenters. The predicted molar refractivity (Wildman–Crippen MR) is 101 cm³/mol. The van der Waals surface area contributed by atoms with E-state index in [0.29, 0.717) is 22.5 Å². The fraction of sp³-hybridized carbons (Fsp3) is 0.476. The fourth-order valence-electron chi connectivity index (χ4n) is 5.45. The van der Waals surface area contributed by atoms with E-state index in [2.05, 4.69) is 17.5 Å². The summed E-state index contributed by atoms with van der Waals surface area (Å²) in [5, 5.41) is 3.34. The molecule has 2 saturated carbocycles. The lowest BCUT2D eigenvalue weighted by molar-refractivity contribution is -0.146. The van der Waals surface area contributed by atoms with Gasteiger partial charge in [0, 0.05) is 10.7 Å². The second kappa shape index (κ2) is 5.68. The Balaban J connectivity index is 1.39. The zero-order valence-electron chi connectivity index (χ0n) is 15.2. The number of nitrogens with zero attached hydrogens (tertiary/aromatic N) is 1. The first kappa shape index (κ1) is 17.0. The number of aryl methyl sites for hydroxylation is 1. The van der Waals surface area contributed by atoms with Gasteiger partial charge in [0.2, 0.25) is 17.7 Å². The van der Waals surface area contributed by atoms with Crippen molar-refractivity contribution in [2.45, 2.75) is 26.3 Å². The molecule has 0 radical (unpaired) electrons. The largest absolute Gasteiger partial charge is 0.324 e. The van der Waals surface area contributed by atoms with Crippen molar-refractivity contribution in [3.05, 3.63) is 40.9 Å². The van der Waals surface area contributed by atoms with E-state index in [1.807, 2.05) is 13.0 Å². The third-order valence-electron chi connectivity index (χ3n) is 6.92. The van der Waals surface area contributed by atoms with Crippen LogP contribution < -0.4 is 5.32 Å². The molecule has 0 aromatic heterocycles. The topological polar surface area (TPSA) is 66.5 Å². The smallest absolute Gasteiger partial charge is 0.247 e. The van der Waals surface area contributed by atoms with E-state index >= 15 is 0 Å². The van der Waals surface area contributed by atoms with Gasteiger partial charge in [-0.1, -0.05) is 29.8 Å². The number of carbonyl (C=O) groups is 3. The first-order chi connectivity index (χ1) is 12.9. The van der Waals surface area contributed by atoms with Crippen LogP contribution in [-0.4, -0.2) is 28.7 Å². The van der Waals surface area contributed by atoms with Crippen LogP contribution in [0.5, 0.6) is 0 Å². The quantitative estimate of drug-likeness (QED) is 0.643. The summed E-state index contributed by atoms with van der Waals surface area (Å²) in [6.45, 7) is 3.49. The Hall–Kier alpha value is -2.14. The molecule has 4 aliphatic carbocycles. The summed E-state index contributed by atoms with van der Waals surface area (Å²) >= 11 is 6.02. The van der Waals surface area contributed by atoms with Gasteiger partial charge < -0.3 is 5.32 Å². The van der Waals surface area contributed by atoms with Gasteiger partial charge in [-0.2, -0.15) is 0 Å². The Kier molecular flexibility index (Phi) is 3.57. The number of benzene rings is 1. The highest BCUT2D eigenvalue weighted by molar-refractivity contribution is 6.31. The number of amides is 3. The second-order valence-electron chi connectivity index (χ2n) is 8.33. The van der Waals surface area contributed by atoms with Crippen molar-refractivity contribution in [3.63, 3.8) is 0 Å². The third kappa shape index (κ3) is 2.34. The minimum absolute atomic E-state index is 0.164. The average molecular weight is 385 g/mol. The minimum atomic E-state index is -0.843. The highest BCUT2D eigenvalue weighted by Crippen LogP contribution is 2.65. The molecule has 7 unspecified atom stereocenters. The van der Waals surface area contributed by atoms with Gasteiger partial charge in [-0.05, 0) is 61.6 Å². The summed E-state index contributed by atoms with van der Waals surface area (Å²) in [6.07, 6.45) is 5.39.